The van der Waals surface area contributed by atoms with E-state index in [-0.39, 0.29) is 11.5 Å². The van der Waals surface area contributed by atoms with Gasteiger partial charge in [-0.3, -0.25) is 0 Å². The zero-order valence-corrected chi connectivity index (χ0v) is 10.7. The number of carbonyl (C=O) groups is 1. The van der Waals surface area contributed by atoms with Gasteiger partial charge in [-0.2, -0.15) is 0 Å². The molecule has 20 heavy (non-hydrogen) atoms. The van der Waals surface area contributed by atoms with Crippen molar-refractivity contribution in [3.63, 3.8) is 0 Å². The van der Waals surface area contributed by atoms with Crippen LogP contribution in [-0.2, 0) is 4.74 Å². The third-order valence-electron chi connectivity index (χ3n) is 3.09. The second-order valence-corrected chi connectivity index (χ2v) is 4.25. The minimum atomic E-state index is -0.487. The summed E-state index contributed by atoms with van der Waals surface area (Å²) in [7, 11) is 1.32. The Balaban J connectivity index is 2.21. The number of fused-ring (bicyclic) bond motifs is 1. The van der Waals surface area contributed by atoms with E-state index < -0.39 is 5.97 Å². The molecule has 0 unspecified atom stereocenters. The number of carbonyl (C=O) groups excluding carboxylic acids is 1. The van der Waals surface area contributed by atoms with Crippen LogP contribution in [0.1, 0.15) is 10.5 Å². The maximum Gasteiger partial charge on any atom is 0.358 e. The van der Waals surface area contributed by atoms with E-state index in [9.17, 15) is 9.18 Å². The predicted octanol–water partition coefficient (Wildman–Crippen LogP) is 2.93. The molecule has 3 aromatic rings. The summed E-state index contributed by atoms with van der Waals surface area (Å²) in [5.41, 5.74) is 2.50. The molecule has 1 aromatic carbocycles. The molecule has 0 aliphatic carbocycles. The van der Waals surface area contributed by atoms with Crippen LogP contribution < -0.4 is 0 Å². The number of nitrogens with zero attached hydrogens (tertiary/aromatic N) is 2. The van der Waals surface area contributed by atoms with Crippen LogP contribution in [0.2, 0.25) is 0 Å². The molecule has 0 radical (unpaired) electrons. The molecule has 0 N–H and O–H groups in total. The van der Waals surface area contributed by atoms with Gasteiger partial charge in [0.05, 0.1) is 24.5 Å². The first-order valence-corrected chi connectivity index (χ1v) is 6.01. The molecule has 0 amide bonds. The van der Waals surface area contributed by atoms with Crippen LogP contribution in [0.5, 0.6) is 0 Å². The highest BCUT2D eigenvalue weighted by Crippen LogP contribution is 2.22. The van der Waals surface area contributed by atoms with Gasteiger partial charge in [-0.15, -0.1) is 0 Å². The number of methoxy groups -OCH3 is 1. The fourth-order valence-corrected chi connectivity index (χ4v) is 2.13. The fraction of sp³-hybridized carbons (Fsp3) is 0.0667. The van der Waals surface area contributed by atoms with Gasteiger partial charge in [-0.25, -0.2) is 14.2 Å². The van der Waals surface area contributed by atoms with Gasteiger partial charge in [0.1, 0.15) is 5.82 Å². The lowest BCUT2D eigenvalue weighted by molar-refractivity contribution is 0.0596. The van der Waals surface area contributed by atoms with Crippen molar-refractivity contribution in [3.8, 4) is 11.3 Å². The van der Waals surface area contributed by atoms with Crippen LogP contribution in [0.25, 0.3) is 16.8 Å². The second-order valence-electron chi connectivity index (χ2n) is 4.25. The van der Waals surface area contributed by atoms with Gasteiger partial charge in [0.2, 0.25) is 0 Å². The highest BCUT2D eigenvalue weighted by Gasteiger charge is 2.15. The molecule has 0 saturated heterocycles. The van der Waals surface area contributed by atoms with Crippen molar-refractivity contribution in [3.05, 3.63) is 60.3 Å². The molecule has 0 aliphatic heterocycles. The van der Waals surface area contributed by atoms with Crippen LogP contribution in [0.3, 0.4) is 0 Å². The number of hydrogen-bond donors (Lipinski definition) is 0. The van der Waals surface area contributed by atoms with E-state index in [0.717, 1.165) is 11.3 Å². The molecule has 0 saturated carbocycles. The Labute approximate surface area is 114 Å². The lowest BCUT2D eigenvalue weighted by Gasteiger charge is -2.08. The summed E-state index contributed by atoms with van der Waals surface area (Å²) < 4.78 is 19.5. The zero-order valence-electron chi connectivity index (χ0n) is 10.7. The van der Waals surface area contributed by atoms with Gasteiger partial charge in [0.25, 0.3) is 0 Å². The maximum atomic E-state index is 13.0. The number of benzene rings is 1. The highest BCUT2D eigenvalue weighted by atomic mass is 19.1. The smallest absolute Gasteiger partial charge is 0.358 e. The monoisotopic (exact) mass is 270 g/mol. The maximum absolute atomic E-state index is 13.0. The Morgan fingerprint density at radius 1 is 1.25 bits per heavy atom. The van der Waals surface area contributed by atoms with Crippen LogP contribution in [0.15, 0.2) is 48.8 Å². The number of aromatic nitrogens is 2. The molecule has 2 aromatic heterocycles. The fourth-order valence-electron chi connectivity index (χ4n) is 2.13. The first-order valence-electron chi connectivity index (χ1n) is 6.01. The average Bonchev–Trinajstić information content (AvgIpc) is 2.96. The minimum Gasteiger partial charge on any atom is -0.464 e. The summed E-state index contributed by atoms with van der Waals surface area (Å²) in [6.07, 6.45) is 3.40. The van der Waals surface area contributed by atoms with Crippen LogP contribution >= 0.6 is 0 Å². The molecule has 3 rings (SSSR count). The van der Waals surface area contributed by atoms with Crippen molar-refractivity contribution in [1.82, 2.24) is 9.38 Å². The van der Waals surface area contributed by atoms with E-state index in [4.69, 9.17) is 4.74 Å². The van der Waals surface area contributed by atoms with Crippen molar-refractivity contribution in [2.45, 2.75) is 0 Å². The summed E-state index contributed by atoms with van der Waals surface area (Å²) in [6.45, 7) is 0. The first kappa shape index (κ1) is 12.3. The third kappa shape index (κ3) is 1.93. The Morgan fingerprint density at radius 2 is 2.00 bits per heavy atom. The molecule has 0 aliphatic rings. The number of esters is 1. The molecule has 2 heterocycles. The van der Waals surface area contributed by atoms with Gasteiger partial charge >= 0.3 is 5.97 Å². The van der Waals surface area contributed by atoms with Crippen molar-refractivity contribution in [1.29, 1.82) is 0 Å². The molecule has 5 heteroatoms. The SMILES string of the molecule is COC(=O)c1ncc(-c2ccc(F)cc2)n2cccc12. The zero-order chi connectivity index (χ0) is 14.1. The second kappa shape index (κ2) is 4.77. The number of rotatable bonds is 2. The van der Waals surface area contributed by atoms with Crippen molar-refractivity contribution >= 4 is 11.5 Å². The molecule has 0 spiro atoms. The summed E-state index contributed by atoms with van der Waals surface area (Å²) in [5.74, 6) is -0.781. The molecule has 0 bridgehead atoms. The van der Waals surface area contributed by atoms with Crippen molar-refractivity contribution in [2.75, 3.05) is 7.11 Å². The molecule has 4 nitrogen and oxygen atoms in total. The molecular weight excluding hydrogens is 259 g/mol. The lowest BCUT2D eigenvalue weighted by Crippen LogP contribution is -2.07. The molecular formula is C15H11FN2O2. The Bertz CT molecular complexity index is 778. The van der Waals surface area contributed by atoms with E-state index in [1.807, 2.05) is 16.7 Å². The Hall–Kier alpha value is -2.69. The molecule has 0 fully saturated rings. The van der Waals surface area contributed by atoms with Crippen molar-refractivity contribution in [2.24, 2.45) is 0 Å². The minimum absolute atomic E-state index is 0.253. The largest absolute Gasteiger partial charge is 0.464 e. The van der Waals surface area contributed by atoms with E-state index in [1.54, 1.807) is 24.4 Å². The van der Waals surface area contributed by atoms with Crippen LogP contribution in [-0.4, -0.2) is 22.5 Å². The van der Waals surface area contributed by atoms with Crippen LogP contribution in [0, 0.1) is 5.82 Å². The van der Waals surface area contributed by atoms with E-state index >= 15 is 0 Å². The summed E-state index contributed by atoms with van der Waals surface area (Å²) in [4.78, 5) is 15.8. The number of halogens is 1. The normalized spacial score (nSPS) is 10.7. The highest BCUT2D eigenvalue weighted by molar-refractivity contribution is 5.95. The standard InChI is InChI=1S/C15H11FN2O2/c1-20-15(19)14-12-3-2-8-18(12)13(9-17-14)10-4-6-11(16)7-5-10/h2-9H,1H3. The summed E-state index contributed by atoms with van der Waals surface area (Å²) in [5, 5.41) is 0. The molecule has 100 valence electrons. The van der Waals surface area contributed by atoms with Gasteiger partial charge in [0.15, 0.2) is 5.69 Å². The summed E-state index contributed by atoms with van der Waals surface area (Å²) in [6, 6.07) is 9.72. The Morgan fingerprint density at radius 3 is 2.70 bits per heavy atom. The predicted molar refractivity (Wildman–Crippen MR) is 71.9 cm³/mol. The van der Waals surface area contributed by atoms with Gasteiger partial charge < -0.3 is 9.14 Å². The van der Waals surface area contributed by atoms with E-state index in [2.05, 4.69) is 4.98 Å². The van der Waals surface area contributed by atoms with Gasteiger partial charge in [0, 0.05) is 11.8 Å². The van der Waals surface area contributed by atoms with Crippen LogP contribution in [0.4, 0.5) is 4.39 Å². The topological polar surface area (TPSA) is 43.6 Å². The van der Waals surface area contributed by atoms with E-state index in [1.165, 1.54) is 19.2 Å². The van der Waals surface area contributed by atoms with Gasteiger partial charge in [-0.05, 0) is 36.4 Å². The quantitative estimate of drug-likeness (QED) is 0.672. The molecule has 0 atom stereocenters. The van der Waals surface area contributed by atoms with E-state index in [0.29, 0.717) is 5.52 Å². The summed E-state index contributed by atoms with van der Waals surface area (Å²) >= 11 is 0. The Kier molecular flexibility index (Phi) is 2.95. The number of ether oxygens (including phenoxy) is 1. The number of hydrogen-bond acceptors (Lipinski definition) is 3. The average molecular weight is 270 g/mol. The first-order chi connectivity index (χ1) is 9.70. The lowest BCUT2D eigenvalue weighted by atomic mass is 10.1. The third-order valence-corrected chi connectivity index (χ3v) is 3.09. The van der Waals surface area contributed by atoms with Gasteiger partial charge in [-0.1, -0.05) is 0 Å². The van der Waals surface area contributed by atoms with Crippen molar-refractivity contribution < 1.29 is 13.9 Å².